The predicted molar refractivity (Wildman–Crippen MR) is 116 cm³/mol. The molecule has 0 radical (unpaired) electrons. The van der Waals surface area contributed by atoms with Crippen LogP contribution in [0.3, 0.4) is 0 Å². The standard InChI is InChI=1S/C27H16F6/c1-2-3-15-4-6-17(21(28)10-15)7-5-16-11-22(29)25(23(30)12-16)18-8-9-20-19(13-18)14-24(31)27(33)26(20)32/h4,6,8-14H,2-3H2,1H3. The van der Waals surface area contributed by atoms with E-state index in [4.69, 9.17) is 0 Å². The van der Waals surface area contributed by atoms with Crippen LogP contribution in [-0.4, -0.2) is 0 Å². The van der Waals surface area contributed by atoms with Crippen molar-refractivity contribution in [2.24, 2.45) is 0 Å². The summed E-state index contributed by atoms with van der Waals surface area (Å²) in [6, 6.07) is 10.9. The molecule has 0 aliphatic carbocycles. The van der Waals surface area contributed by atoms with Crippen molar-refractivity contribution in [3.8, 4) is 23.0 Å². The number of halogens is 6. The maximum absolute atomic E-state index is 14.8. The molecule has 0 saturated carbocycles. The van der Waals surface area contributed by atoms with Crippen molar-refractivity contribution in [3.63, 3.8) is 0 Å². The van der Waals surface area contributed by atoms with Crippen LogP contribution < -0.4 is 0 Å². The number of benzene rings is 4. The first-order chi connectivity index (χ1) is 15.8. The Hall–Kier alpha value is -3.72. The third-order valence-corrected chi connectivity index (χ3v) is 5.22. The Morgan fingerprint density at radius 3 is 2.06 bits per heavy atom. The van der Waals surface area contributed by atoms with Crippen molar-refractivity contribution in [2.75, 3.05) is 0 Å². The summed E-state index contributed by atoms with van der Waals surface area (Å²) in [4.78, 5) is 0. The Balaban J connectivity index is 1.71. The van der Waals surface area contributed by atoms with Crippen molar-refractivity contribution in [1.29, 1.82) is 0 Å². The van der Waals surface area contributed by atoms with E-state index in [9.17, 15) is 26.3 Å². The highest BCUT2D eigenvalue weighted by molar-refractivity contribution is 5.88. The summed E-state index contributed by atoms with van der Waals surface area (Å²) in [5.74, 6) is -1.70. The van der Waals surface area contributed by atoms with Crippen molar-refractivity contribution in [3.05, 3.63) is 106 Å². The lowest BCUT2D eigenvalue weighted by molar-refractivity contribution is 0.453. The number of rotatable bonds is 3. The minimum Gasteiger partial charge on any atom is -0.206 e. The molecule has 0 spiro atoms. The average molecular weight is 454 g/mol. The summed E-state index contributed by atoms with van der Waals surface area (Å²) in [7, 11) is 0. The topological polar surface area (TPSA) is 0 Å². The van der Waals surface area contributed by atoms with Gasteiger partial charge in [-0.25, -0.2) is 26.3 Å². The second-order valence-corrected chi connectivity index (χ2v) is 7.55. The molecule has 4 aromatic rings. The van der Waals surface area contributed by atoms with Gasteiger partial charge in [0.2, 0.25) is 0 Å². The van der Waals surface area contributed by atoms with Gasteiger partial charge < -0.3 is 0 Å². The third-order valence-electron chi connectivity index (χ3n) is 5.22. The van der Waals surface area contributed by atoms with Crippen molar-refractivity contribution >= 4 is 10.8 Å². The number of hydrogen-bond donors (Lipinski definition) is 0. The van der Waals surface area contributed by atoms with E-state index in [1.165, 1.54) is 24.3 Å². The highest BCUT2D eigenvalue weighted by Crippen LogP contribution is 2.32. The molecule has 6 heteroatoms. The van der Waals surface area contributed by atoms with E-state index in [2.05, 4.69) is 11.8 Å². The van der Waals surface area contributed by atoms with Crippen LogP contribution in [0.25, 0.3) is 21.9 Å². The molecule has 4 rings (SSSR count). The molecule has 0 heterocycles. The van der Waals surface area contributed by atoms with Gasteiger partial charge in [-0.05, 0) is 59.3 Å². The van der Waals surface area contributed by atoms with Crippen LogP contribution in [0.1, 0.15) is 30.0 Å². The Morgan fingerprint density at radius 2 is 1.39 bits per heavy atom. The van der Waals surface area contributed by atoms with Gasteiger partial charge in [0.15, 0.2) is 17.5 Å². The van der Waals surface area contributed by atoms with Crippen LogP contribution in [0.15, 0.2) is 54.6 Å². The normalized spacial score (nSPS) is 10.9. The molecule has 0 unspecified atom stereocenters. The molecule has 0 bridgehead atoms. The van der Waals surface area contributed by atoms with Gasteiger partial charge >= 0.3 is 0 Å². The van der Waals surface area contributed by atoms with Crippen LogP contribution >= 0.6 is 0 Å². The monoisotopic (exact) mass is 454 g/mol. The molecule has 0 aliphatic rings. The van der Waals surface area contributed by atoms with Crippen molar-refractivity contribution in [1.82, 2.24) is 0 Å². The van der Waals surface area contributed by atoms with E-state index in [0.29, 0.717) is 0 Å². The second-order valence-electron chi connectivity index (χ2n) is 7.55. The molecule has 0 atom stereocenters. The first kappa shape index (κ1) is 22.5. The zero-order chi connectivity index (χ0) is 23.7. The van der Waals surface area contributed by atoms with Crippen molar-refractivity contribution < 1.29 is 26.3 Å². The van der Waals surface area contributed by atoms with Gasteiger partial charge in [0, 0.05) is 10.9 Å². The van der Waals surface area contributed by atoms with Gasteiger partial charge in [-0.15, -0.1) is 0 Å². The van der Waals surface area contributed by atoms with Crippen LogP contribution in [0.4, 0.5) is 26.3 Å². The van der Waals surface area contributed by atoms with Crippen LogP contribution in [-0.2, 0) is 6.42 Å². The lowest BCUT2D eigenvalue weighted by atomic mass is 9.98. The lowest BCUT2D eigenvalue weighted by Gasteiger charge is -2.09. The van der Waals surface area contributed by atoms with E-state index in [1.807, 2.05) is 6.92 Å². The summed E-state index contributed by atoms with van der Waals surface area (Å²) in [6.07, 6.45) is 1.60. The summed E-state index contributed by atoms with van der Waals surface area (Å²) < 4.78 is 84.6. The molecular formula is C27H16F6. The SMILES string of the molecule is CCCc1ccc(C#Cc2cc(F)c(-c3ccc4c(F)c(F)c(F)cc4c3)c(F)c2)c(F)c1. The first-order valence-electron chi connectivity index (χ1n) is 10.2. The van der Waals surface area contributed by atoms with E-state index < -0.39 is 40.5 Å². The predicted octanol–water partition coefficient (Wildman–Crippen LogP) is 7.69. The Bertz CT molecular complexity index is 1420. The molecule has 0 amide bonds. The lowest BCUT2D eigenvalue weighted by Crippen LogP contribution is -1.95. The van der Waals surface area contributed by atoms with Crippen LogP contribution in [0, 0.1) is 46.7 Å². The largest absolute Gasteiger partial charge is 0.206 e. The minimum atomic E-state index is -1.62. The zero-order valence-electron chi connectivity index (χ0n) is 17.4. The van der Waals surface area contributed by atoms with Crippen LogP contribution in [0.5, 0.6) is 0 Å². The molecule has 0 fully saturated rings. The fourth-order valence-electron chi connectivity index (χ4n) is 3.63. The fraction of sp³-hybridized carbons (Fsp3) is 0.111. The van der Waals surface area contributed by atoms with E-state index in [-0.39, 0.29) is 27.5 Å². The number of aryl methyl sites for hydroxylation is 1. The minimum absolute atomic E-state index is 0.00858. The molecular weight excluding hydrogens is 438 g/mol. The van der Waals surface area contributed by atoms with Gasteiger partial charge in [-0.2, -0.15) is 0 Å². The smallest absolute Gasteiger partial charge is 0.195 e. The highest BCUT2D eigenvalue weighted by atomic mass is 19.2. The van der Waals surface area contributed by atoms with Gasteiger partial charge in [-0.1, -0.05) is 43.4 Å². The van der Waals surface area contributed by atoms with Gasteiger partial charge in [0.05, 0.1) is 11.1 Å². The van der Waals surface area contributed by atoms with Crippen molar-refractivity contribution in [2.45, 2.75) is 19.8 Å². The number of fused-ring (bicyclic) bond motifs is 1. The summed E-state index contributed by atoms with van der Waals surface area (Å²) in [5, 5.41) is -0.263. The summed E-state index contributed by atoms with van der Waals surface area (Å²) in [5.41, 5.74) is 0.513. The Morgan fingerprint density at radius 1 is 0.667 bits per heavy atom. The Kier molecular flexibility index (Phi) is 6.15. The fourth-order valence-corrected chi connectivity index (χ4v) is 3.63. The first-order valence-corrected chi connectivity index (χ1v) is 10.2. The third kappa shape index (κ3) is 4.45. The zero-order valence-corrected chi connectivity index (χ0v) is 17.4. The maximum Gasteiger partial charge on any atom is 0.195 e. The molecule has 166 valence electrons. The maximum atomic E-state index is 14.8. The number of hydrogen-bond acceptors (Lipinski definition) is 0. The van der Waals surface area contributed by atoms with Gasteiger partial charge in [0.1, 0.15) is 17.5 Å². The quantitative estimate of drug-likeness (QED) is 0.169. The molecule has 0 nitrogen and oxygen atoms in total. The molecule has 0 aliphatic heterocycles. The van der Waals surface area contributed by atoms with E-state index in [1.54, 1.807) is 6.07 Å². The van der Waals surface area contributed by atoms with E-state index in [0.717, 1.165) is 42.7 Å². The molecule has 4 aromatic carbocycles. The molecule has 0 aromatic heterocycles. The molecule has 33 heavy (non-hydrogen) atoms. The summed E-state index contributed by atoms with van der Waals surface area (Å²) in [6.45, 7) is 1.98. The molecule has 0 N–H and O–H groups in total. The Labute approximate surface area is 186 Å². The van der Waals surface area contributed by atoms with E-state index >= 15 is 0 Å². The van der Waals surface area contributed by atoms with Crippen LogP contribution in [0.2, 0.25) is 0 Å². The summed E-state index contributed by atoms with van der Waals surface area (Å²) >= 11 is 0. The second kappa shape index (κ2) is 9.03. The van der Waals surface area contributed by atoms with Gasteiger partial charge in [0.25, 0.3) is 0 Å². The highest BCUT2D eigenvalue weighted by Gasteiger charge is 2.17. The average Bonchev–Trinajstić information content (AvgIpc) is 2.77. The molecule has 0 saturated heterocycles. The van der Waals surface area contributed by atoms with Gasteiger partial charge in [-0.3, -0.25) is 0 Å².